The van der Waals surface area contributed by atoms with Crippen LogP contribution in [0.25, 0.3) is 0 Å². The second-order valence-corrected chi connectivity index (χ2v) is 9.68. The third-order valence-electron chi connectivity index (χ3n) is 4.70. The lowest BCUT2D eigenvalue weighted by molar-refractivity contribution is 0.121. The summed E-state index contributed by atoms with van der Waals surface area (Å²) in [5.74, 6) is 0. The Morgan fingerprint density at radius 2 is 1.40 bits per heavy atom. The Hall–Kier alpha value is -0.0231. The normalized spacial score (nSPS) is 12.5. The molecule has 0 aromatic heterocycles. The van der Waals surface area contributed by atoms with E-state index in [1.54, 1.807) is 21.3 Å². The van der Waals surface area contributed by atoms with Crippen molar-refractivity contribution in [2.24, 2.45) is 0 Å². The molecule has 0 aliphatic heterocycles. The average molecular weight is 378 g/mol. The molecule has 0 aromatic rings. The summed E-state index contributed by atoms with van der Waals surface area (Å²) < 4.78 is 16.6. The van der Waals surface area contributed by atoms with Crippen LogP contribution < -0.4 is 5.32 Å². The van der Waals surface area contributed by atoms with Gasteiger partial charge in [-0.15, -0.1) is 0 Å². The SMILES string of the molecule is CCCNCCCN(CCCN(C)CC)CCC[Si](OC)(OC)OC. The van der Waals surface area contributed by atoms with E-state index in [0.717, 1.165) is 58.3 Å². The summed E-state index contributed by atoms with van der Waals surface area (Å²) in [4.78, 5) is 4.96. The Kier molecular flexibility index (Phi) is 16.2. The average Bonchev–Trinajstić information content (AvgIpc) is 2.64. The van der Waals surface area contributed by atoms with Gasteiger partial charge >= 0.3 is 8.80 Å². The molecule has 0 amide bonds. The van der Waals surface area contributed by atoms with Crippen molar-refractivity contribution in [3.63, 3.8) is 0 Å². The molecule has 6 nitrogen and oxygen atoms in total. The van der Waals surface area contributed by atoms with Crippen LogP contribution in [0.1, 0.15) is 39.5 Å². The van der Waals surface area contributed by atoms with Gasteiger partial charge in [-0.05, 0) is 78.5 Å². The lowest BCUT2D eigenvalue weighted by Gasteiger charge is -2.27. The summed E-state index contributed by atoms with van der Waals surface area (Å²) in [6, 6.07) is 0.871. The zero-order chi connectivity index (χ0) is 19.0. The van der Waals surface area contributed by atoms with Gasteiger partial charge in [0.15, 0.2) is 0 Å². The van der Waals surface area contributed by atoms with Gasteiger partial charge in [-0.2, -0.15) is 0 Å². The molecule has 0 unspecified atom stereocenters. The van der Waals surface area contributed by atoms with Crippen LogP contribution >= 0.6 is 0 Å². The lowest BCUT2D eigenvalue weighted by atomic mass is 10.3. The molecular formula is C18H43N3O3Si. The summed E-state index contributed by atoms with van der Waals surface area (Å²) in [5, 5.41) is 3.49. The minimum atomic E-state index is -2.44. The van der Waals surface area contributed by atoms with E-state index in [-0.39, 0.29) is 0 Å². The van der Waals surface area contributed by atoms with Crippen molar-refractivity contribution >= 4 is 8.80 Å². The molecule has 0 atom stereocenters. The Morgan fingerprint density at radius 1 is 0.800 bits per heavy atom. The van der Waals surface area contributed by atoms with Crippen LogP contribution in [0.3, 0.4) is 0 Å². The summed E-state index contributed by atoms with van der Waals surface area (Å²) in [7, 11) is 4.83. The van der Waals surface area contributed by atoms with Crippen molar-refractivity contribution in [1.82, 2.24) is 15.1 Å². The fraction of sp³-hybridized carbons (Fsp3) is 1.00. The Balaban J connectivity index is 4.26. The van der Waals surface area contributed by atoms with E-state index in [4.69, 9.17) is 13.3 Å². The largest absolute Gasteiger partial charge is 0.500 e. The van der Waals surface area contributed by atoms with Crippen LogP contribution in [-0.4, -0.2) is 92.8 Å². The number of hydrogen-bond donors (Lipinski definition) is 1. The van der Waals surface area contributed by atoms with Gasteiger partial charge in [0.05, 0.1) is 0 Å². The number of nitrogens with zero attached hydrogens (tertiary/aromatic N) is 2. The lowest BCUT2D eigenvalue weighted by Crippen LogP contribution is -2.43. The van der Waals surface area contributed by atoms with Crippen LogP contribution in [0.2, 0.25) is 6.04 Å². The standard InChI is InChI=1S/C18H43N3O3Si/c1-7-12-19-13-9-15-21(16-10-14-20(3)8-2)17-11-18-25(22-4,23-5)24-6/h19H,7-18H2,1-6H3. The van der Waals surface area contributed by atoms with Crippen LogP contribution in [0.4, 0.5) is 0 Å². The number of hydrogen-bond acceptors (Lipinski definition) is 6. The summed E-state index contributed by atoms with van der Waals surface area (Å²) in [6.07, 6.45) is 4.66. The van der Waals surface area contributed by atoms with E-state index in [9.17, 15) is 0 Å². The van der Waals surface area contributed by atoms with Crippen LogP contribution in [-0.2, 0) is 13.3 Å². The van der Waals surface area contributed by atoms with Gasteiger partial charge in [-0.1, -0.05) is 13.8 Å². The summed E-state index contributed by atoms with van der Waals surface area (Å²) in [6.45, 7) is 12.3. The third-order valence-corrected chi connectivity index (χ3v) is 7.53. The smallest absolute Gasteiger partial charge is 0.377 e. The van der Waals surface area contributed by atoms with Gasteiger partial charge in [-0.3, -0.25) is 0 Å². The molecule has 0 radical (unpaired) electrons. The van der Waals surface area contributed by atoms with E-state index >= 15 is 0 Å². The first-order valence-corrected chi connectivity index (χ1v) is 11.8. The molecule has 0 heterocycles. The Labute approximate surface area is 157 Å². The highest BCUT2D eigenvalue weighted by atomic mass is 28.4. The molecule has 0 saturated heterocycles. The molecule has 0 spiro atoms. The van der Waals surface area contributed by atoms with E-state index in [1.165, 1.54) is 19.3 Å². The third kappa shape index (κ3) is 12.1. The van der Waals surface area contributed by atoms with Crippen molar-refractivity contribution in [1.29, 1.82) is 0 Å². The zero-order valence-corrected chi connectivity index (χ0v) is 18.6. The first-order chi connectivity index (χ1) is 12.1. The molecule has 0 rings (SSSR count). The predicted octanol–water partition coefficient (Wildman–Crippen LogP) is 2.29. The molecule has 25 heavy (non-hydrogen) atoms. The van der Waals surface area contributed by atoms with Crippen LogP contribution in [0.5, 0.6) is 0 Å². The molecule has 0 aliphatic rings. The van der Waals surface area contributed by atoms with Gasteiger partial charge in [0.25, 0.3) is 0 Å². The van der Waals surface area contributed by atoms with Gasteiger partial charge < -0.3 is 28.4 Å². The first kappa shape index (κ1) is 25.0. The highest BCUT2D eigenvalue weighted by molar-refractivity contribution is 6.60. The van der Waals surface area contributed by atoms with E-state index in [2.05, 4.69) is 36.0 Å². The molecule has 7 heteroatoms. The van der Waals surface area contributed by atoms with Gasteiger partial charge in [0.2, 0.25) is 0 Å². The Morgan fingerprint density at radius 3 is 1.96 bits per heavy atom. The Bertz CT molecular complexity index is 286. The van der Waals surface area contributed by atoms with E-state index in [1.807, 2.05) is 0 Å². The van der Waals surface area contributed by atoms with Gasteiger partial charge in [0.1, 0.15) is 0 Å². The van der Waals surface area contributed by atoms with Crippen molar-refractivity contribution in [3.05, 3.63) is 0 Å². The molecule has 0 saturated carbocycles. The molecule has 0 aromatic carbocycles. The van der Waals surface area contributed by atoms with Crippen molar-refractivity contribution in [2.75, 3.05) is 74.2 Å². The van der Waals surface area contributed by atoms with Crippen molar-refractivity contribution < 1.29 is 13.3 Å². The van der Waals surface area contributed by atoms with Gasteiger partial charge in [0, 0.05) is 27.4 Å². The number of nitrogens with one attached hydrogen (secondary N) is 1. The fourth-order valence-corrected chi connectivity index (χ4v) is 4.57. The van der Waals surface area contributed by atoms with E-state index < -0.39 is 8.80 Å². The second-order valence-electron chi connectivity index (χ2n) is 6.59. The van der Waals surface area contributed by atoms with Crippen molar-refractivity contribution in [3.8, 4) is 0 Å². The maximum absolute atomic E-state index is 5.53. The summed E-state index contributed by atoms with van der Waals surface area (Å²) in [5.41, 5.74) is 0. The molecule has 0 bridgehead atoms. The molecule has 152 valence electrons. The highest BCUT2D eigenvalue weighted by Crippen LogP contribution is 2.15. The highest BCUT2D eigenvalue weighted by Gasteiger charge is 2.36. The summed E-state index contributed by atoms with van der Waals surface area (Å²) >= 11 is 0. The molecule has 0 aliphatic carbocycles. The van der Waals surface area contributed by atoms with Gasteiger partial charge in [-0.25, -0.2) is 0 Å². The minimum absolute atomic E-state index is 0.871. The second kappa shape index (κ2) is 16.2. The van der Waals surface area contributed by atoms with Crippen LogP contribution in [0, 0.1) is 0 Å². The molecular weight excluding hydrogens is 334 g/mol. The van der Waals surface area contributed by atoms with Crippen LogP contribution in [0.15, 0.2) is 0 Å². The fourth-order valence-electron chi connectivity index (χ4n) is 2.86. The topological polar surface area (TPSA) is 46.2 Å². The van der Waals surface area contributed by atoms with Crippen molar-refractivity contribution in [2.45, 2.75) is 45.6 Å². The monoisotopic (exact) mass is 377 g/mol. The van der Waals surface area contributed by atoms with E-state index in [0.29, 0.717) is 0 Å². The number of rotatable bonds is 18. The quantitative estimate of drug-likeness (QED) is 0.292. The maximum Gasteiger partial charge on any atom is 0.500 e. The minimum Gasteiger partial charge on any atom is -0.377 e. The molecule has 0 fully saturated rings. The predicted molar refractivity (Wildman–Crippen MR) is 108 cm³/mol. The maximum atomic E-state index is 5.53. The first-order valence-electron chi connectivity index (χ1n) is 9.84. The molecule has 1 N–H and O–H groups in total. The zero-order valence-electron chi connectivity index (χ0n) is 17.6.